The van der Waals surface area contributed by atoms with Crippen molar-refractivity contribution >= 4 is 11.6 Å². The second-order valence-electron chi connectivity index (χ2n) is 6.45. The van der Waals surface area contributed by atoms with Crippen LogP contribution in [0, 0.1) is 13.8 Å². The lowest BCUT2D eigenvalue weighted by molar-refractivity contribution is 0.102. The first kappa shape index (κ1) is 16.8. The third kappa shape index (κ3) is 3.74. The minimum absolute atomic E-state index is 0.137. The molecule has 6 nitrogen and oxygen atoms in total. The Morgan fingerprint density at radius 2 is 1.80 bits per heavy atom. The SMILES string of the molecule is Cc1cc(C)cc(NC(=O)c2cccc(-c3nnnn3C(C)C)c2)c1. The van der Waals surface area contributed by atoms with E-state index in [-0.39, 0.29) is 11.9 Å². The van der Waals surface area contributed by atoms with Crippen LogP contribution in [-0.2, 0) is 0 Å². The van der Waals surface area contributed by atoms with Crippen LogP contribution in [0.15, 0.2) is 42.5 Å². The van der Waals surface area contributed by atoms with Crippen molar-refractivity contribution in [3.8, 4) is 11.4 Å². The van der Waals surface area contributed by atoms with Crippen LogP contribution in [0.3, 0.4) is 0 Å². The highest BCUT2D eigenvalue weighted by molar-refractivity contribution is 6.04. The first-order chi connectivity index (χ1) is 11.9. The molecule has 0 aliphatic heterocycles. The largest absolute Gasteiger partial charge is 0.322 e. The molecular weight excluding hydrogens is 314 g/mol. The Kier molecular flexibility index (Phi) is 4.61. The molecule has 1 amide bonds. The standard InChI is InChI=1S/C19H21N5O/c1-12(2)24-18(21-22-23-24)15-6-5-7-16(11-15)19(25)20-17-9-13(3)8-14(4)10-17/h5-12H,1-4H3,(H,20,25). The predicted octanol–water partition coefficient (Wildman–Crippen LogP) is 3.79. The summed E-state index contributed by atoms with van der Waals surface area (Å²) < 4.78 is 1.74. The number of tetrazole rings is 1. The fourth-order valence-electron chi connectivity index (χ4n) is 2.78. The van der Waals surface area contributed by atoms with Gasteiger partial charge in [-0.1, -0.05) is 18.2 Å². The molecule has 3 rings (SSSR count). The molecule has 0 unspecified atom stereocenters. The van der Waals surface area contributed by atoms with Gasteiger partial charge in [0.2, 0.25) is 0 Å². The minimum Gasteiger partial charge on any atom is -0.322 e. The molecule has 3 aromatic rings. The number of aromatic nitrogens is 4. The van der Waals surface area contributed by atoms with Crippen molar-refractivity contribution in [2.24, 2.45) is 0 Å². The highest BCUT2D eigenvalue weighted by atomic mass is 16.1. The summed E-state index contributed by atoms with van der Waals surface area (Å²) in [7, 11) is 0. The van der Waals surface area contributed by atoms with E-state index in [9.17, 15) is 4.79 Å². The van der Waals surface area contributed by atoms with Crippen molar-refractivity contribution in [1.82, 2.24) is 20.2 Å². The van der Waals surface area contributed by atoms with Gasteiger partial charge >= 0.3 is 0 Å². The van der Waals surface area contributed by atoms with Gasteiger partial charge in [0.1, 0.15) is 0 Å². The first-order valence-corrected chi connectivity index (χ1v) is 8.22. The molecule has 0 spiro atoms. The van der Waals surface area contributed by atoms with E-state index in [1.807, 2.05) is 58.0 Å². The van der Waals surface area contributed by atoms with Gasteiger partial charge in [-0.05, 0) is 73.5 Å². The first-order valence-electron chi connectivity index (χ1n) is 8.22. The number of amides is 1. The summed E-state index contributed by atoms with van der Waals surface area (Å²) in [4.78, 5) is 12.6. The van der Waals surface area contributed by atoms with E-state index in [0.29, 0.717) is 11.4 Å². The van der Waals surface area contributed by atoms with Gasteiger partial charge in [0.05, 0.1) is 6.04 Å². The Balaban J connectivity index is 1.88. The number of anilines is 1. The molecule has 0 aliphatic rings. The molecular formula is C19H21N5O. The van der Waals surface area contributed by atoms with Gasteiger partial charge < -0.3 is 5.32 Å². The number of carbonyl (C=O) groups is 1. The van der Waals surface area contributed by atoms with Crippen molar-refractivity contribution in [2.75, 3.05) is 5.32 Å². The van der Waals surface area contributed by atoms with E-state index in [4.69, 9.17) is 0 Å². The van der Waals surface area contributed by atoms with E-state index in [1.165, 1.54) is 0 Å². The maximum Gasteiger partial charge on any atom is 0.255 e. The van der Waals surface area contributed by atoms with Crippen LogP contribution in [0.1, 0.15) is 41.4 Å². The zero-order valence-corrected chi connectivity index (χ0v) is 14.8. The topological polar surface area (TPSA) is 72.7 Å². The van der Waals surface area contributed by atoms with Gasteiger partial charge in [-0.2, -0.15) is 0 Å². The monoisotopic (exact) mass is 335 g/mol. The molecule has 0 saturated carbocycles. The fourth-order valence-corrected chi connectivity index (χ4v) is 2.78. The Labute approximate surface area is 146 Å². The molecule has 0 bridgehead atoms. The fraction of sp³-hybridized carbons (Fsp3) is 0.263. The number of carbonyl (C=O) groups excluding carboxylic acids is 1. The number of aryl methyl sites for hydroxylation is 2. The van der Waals surface area contributed by atoms with Crippen LogP contribution in [0.25, 0.3) is 11.4 Å². The van der Waals surface area contributed by atoms with Crippen LogP contribution in [0.4, 0.5) is 5.69 Å². The van der Waals surface area contributed by atoms with Crippen LogP contribution < -0.4 is 5.32 Å². The molecule has 128 valence electrons. The lowest BCUT2D eigenvalue weighted by atomic mass is 10.1. The summed E-state index contributed by atoms with van der Waals surface area (Å²) in [5.74, 6) is 0.492. The van der Waals surface area contributed by atoms with Gasteiger partial charge in [-0.25, -0.2) is 4.68 Å². The van der Waals surface area contributed by atoms with Gasteiger partial charge in [0.25, 0.3) is 5.91 Å². The zero-order valence-electron chi connectivity index (χ0n) is 14.8. The Bertz CT molecular complexity index is 893. The summed E-state index contributed by atoms with van der Waals surface area (Å²) in [5, 5.41) is 14.8. The second kappa shape index (κ2) is 6.84. The van der Waals surface area contributed by atoms with E-state index >= 15 is 0 Å². The molecule has 0 saturated heterocycles. The quantitative estimate of drug-likeness (QED) is 0.787. The number of rotatable bonds is 4. The Hall–Kier alpha value is -3.02. The molecule has 25 heavy (non-hydrogen) atoms. The van der Waals surface area contributed by atoms with Crippen molar-refractivity contribution in [1.29, 1.82) is 0 Å². The Morgan fingerprint density at radius 3 is 2.48 bits per heavy atom. The average Bonchev–Trinajstić information content (AvgIpc) is 3.04. The van der Waals surface area contributed by atoms with Gasteiger partial charge in [-0.15, -0.1) is 5.10 Å². The summed E-state index contributed by atoms with van der Waals surface area (Å²) in [6.45, 7) is 8.04. The number of nitrogens with one attached hydrogen (secondary N) is 1. The number of nitrogens with zero attached hydrogens (tertiary/aromatic N) is 4. The third-order valence-corrected chi connectivity index (χ3v) is 3.84. The number of hydrogen-bond acceptors (Lipinski definition) is 4. The third-order valence-electron chi connectivity index (χ3n) is 3.84. The summed E-state index contributed by atoms with van der Waals surface area (Å²) in [5.41, 5.74) is 4.39. The molecule has 6 heteroatoms. The smallest absolute Gasteiger partial charge is 0.255 e. The van der Waals surface area contributed by atoms with Gasteiger partial charge in [0.15, 0.2) is 5.82 Å². The molecule has 1 N–H and O–H groups in total. The lowest BCUT2D eigenvalue weighted by Crippen LogP contribution is -2.12. The van der Waals surface area contributed by atoms with Gasteiger partial charge in [0, 0.05) is 16.8 Å². The lowest BCUT2D eigenvalue weighted by Gasteiger charge is -2.10. The second-order valence-corrected chi connectivity index (χ2v) is 6.45. The van der Waals surface area contributed by atoms with E-state index in [2.05, 4.69) is 26.9 Å². The minimum atomic E-state index is -0.157. The highest BCUT2D eigenvalue weighted by Gasteiger charge is 2.14. The molecule has 0 atom stereocenters. The summed E-state index contributed by atoms with van der Waals surface area (Å²) >= 11 is 0. The zero-order chi connectivity index (χ0) is 18.0. The van der Waals surface area contributed by atoms with E-state index in [0.717, 1.165) is 22.4 Å². The summed E-state index contributed by atoms with van der Waals surface area (Å²) in [6.07, 6.45) is 0. The molecule has 0 radical (unpaired) electrons. The molecule has 2 aromatic carbocycles. The predicted molar refractivity (Wildman–Crippen MR) is 97.5 cm³/mol. The van der Waals surface area contributed by atoms with Crippen LogP contribution in [0.5, 0.6) is 0 Å². The number of benzene rings is 2. The maximum atomic E-state index is 12.6. The van der Waals surface area contributed by atoms with Crippen LogP contribution in [-0.4, -0.2) is 26.1 Å². The average molecular weight is 335 g/mol. The van der Waals surface area contributed by atoms with Gasteiger partial charge in [-0.3, -0.25) is 4.79 Å². The van der Waals surface area contributed by atoms with Crippen molar-refractivity contribution in [3.63, 3.8) is 0 Å². The van der Waals surface area contributed by atoms with Crippen LogP contribution >= 0.6 is 0 Å². The number of hydrogen-bond donors (Lipinski definition) is 1. The van der Waals surface area contributed by atoms with Crippen LogP contribution in [0.2, 0.25) is 0 Å². The van der Waals surface area contributed by atoms with E-state index < -0.39 is 0 Å². The molecule has 1 heterocycles. The highest BCUT2D eigenvalue weighted by Crippen LogP contribution is 2.21. The molecule has 0 aliphatic carbocycles. The van der Waals surface area contributed by atoms with E-state index in [1.54, 1.807) is 10.7 Å². The normalized spacial score (nSPS) is 10.9. The van der Waals surface area contributed by atoms with Crippen molar-refractivity contribution in [3.05, 3.63) is 59.2 Å². The molecule has 1 aromatic heterocycles. The van der Waals surface area contributed by atoms with Crippen molar-refractivity contribution in [2.45, 2.75) is 33.7 Å². The molecule has 0 fully saturated rings. The van der Waals surface area contributed by atoms with Crippen molar-refractivity contribution < 1.29 is 4.79 Å². The summed E-state index contributed by atoms with van der Waals surface area (Å²) in [6, 6.07) is 13.4. The maximum absolute atomic E-state index is 12.6. The Morgan fingerprint density at radius 1 is 1.08 bits per heavy atom.